The Balaban J connectivity index is 1.75. The highest BCUT2D eigenvalue weighted by molar-refractivity contribution is 7.89. The first-order chi connectivity index (χ1) is 17.9. The third kappa shape index (κ3) is 7.43. The number of sulfonamides is 1. The highest BCUT2D eigenvalue weighted by Gasteiger charge is 2.28. The van der Waals surface area contributed by atoms with Gasteiger partial charge in [0.05, 0.1) is 4.90 Å². The Bertz CT molecular complexity index is 1400. The lowest BCUT2D eigenvalue weighted by molar-refractivity contribution is -0.138. The van der Waals surface area contributed by atoms with E-state index in [9.17, 15) is 23.1 Å². The normalized spacial score (nSPS) is 13.0. The highest BCUT2D eigenvalue weighted by Crippen LogP contribution is 2.25. The summed E-state index contributed by atoms with van der Waals surface area (Å²) in [5, 5.41) is 15.5. The molecule has 4 N–H and O–H groups in total. The fourth-order valence-corrected chi connectivity index (χ4v) is 6.00. The number of aliphatic carboxylic acids is 1. The minimum atomic E-state index is -4.05. The third-order valence-electron chi connectivity index (χ3n) is 6.31. The number of anilines is 1. The van der Waals surface area contributed by atoms with Crippen LogP contribution in [-0.4, -0.2) is 37.6 Å². The molecule has 0 spiro atoms. The average Bonchev–Trinajstić information content (AvgIpc) is 2.83. The predicted octanol–water partition coefficient (Wildman–Crippen LogP) is 5.17. The molecule has 0 radical (unpaired) electrons. The molecule has 0 heterocycles. The van der Waals surface area contributed by atoms with Gasteiger partial charge in [0, 0.05) is 11.7 Å². The molecule has 0 bridgehead atoms. The zero-order valence-electron chi connectivity index (χ0n) is 22.3. The van der Waals surface area contributed by atoms with Crippen LogP contribution >= 0.6 is 0 Å². The molecule has 3 aromatic carbocycles. The Morgan fingerprint density at radius 3 is 2.13 bits per heavy atom. The summed E-state index contributed by atoms with van der Waals surface area (Å²) in [6.45, 7) is 9.21. The second-order valence-corrected chi connectivity index (χ2v) is 11.3. The molecule has 0 fully saturated rings. The van der Waals surface area contributed by atoms with Crippen LogP contribution in [0.1, 0.15) is 42.5 Å². The van der Waals surface area contributed by atoms with E-state index in [1.54, 1.807) is 44.2 Å². The van der Waals surface area contributed by atoms with E-state index >= 15 is 0 Å². The van der Waals surface area contributed by atoms with E-state index in [1.165, 1.54) is 0 Å². The second kappa shape index (κ2) is 12.2. The minimum Gasteiger partial charge on any atom is -0.480 e. The molecule has 0 aliphatic heterocycles. The molecular weight excluding hydrogens is 502 g/mol. The number of benzene rings is 3. The number of nitrogens with one attached hydrogen (secondary N) is 3. The maximum atomic E-state index is 13.1. The van der Waals surface area contributed by atoms with Crippen LogP contribution in [0.15, 0.2) is 65.6 Å². The largest absolute Gasteiger partial charge is 0.480 e. The number of hydrogen-bond acceptors (Lipinski definition) is 4. The summed E-state index contributed by atoms with van der Waals surface area (Å²) < 4.78 is 28.6. The van der Waals surface area contributed by atoms with Crippen LogP contribution in [0.5, 0.6) is 0 Å². The molecule has 2 atom stereocenters. The van der Waals surface area contributed by atoms with Crippen molar-refractivity contribution in [1.29, 1.82) is 0 Å². The summed E-state index contributed by atoms with van der Waals surface area (Å²) in [6, 6.07) is 16.6. The summed E-state index contributed by atoms with van der Waals surface area (Å²) in [7, 11) is -4.05. The summed E-state index contributed by atoms with van der Waals surface area (Å²) >= 11 is 0. The maximum Gasteiger partial charge on any atom is 0.322 e. The van der Waals surface area contributed by atoms with Crippen LogP contribution in [0.25, 0.3) is 11.1 Å². The molecule has 0 aromatic heterocycles. The quantitative estimate of drug-likeness (QED) is 0.284. The van der Waals surface area contributed by atoms with Crippen LogP contribution in [0.3, 0.4) is 0 Å². The minimum absolute atomic E-state index is 0.0177. The first kappa shape index (κ1) is 28.9. The van der Waals surface area contributed by atoms with E-state index in [1.807, 2.05) is 51.1 Å². The van der Waals surface area contributed by atoms with Crippen LogP contribution in [-0.2, 0) is 21.2 Å². The van der Waals surface area contributed by atoms with Gasteiger partial charge in [-0.15, -0.1) is 0 Å². The number of urea groups is 1. The van der Waals surface area contributed by atoms with Crippen molar-refractivity contribution < 1.29 is 23.1 Å². The number of carboxylic acid groups (broad SMARTS) is 1. The van der Waals surface area contributed by atoms with E-state index in [0.717, 1.165) is 23.1 Å². The average molecular weight is 538 g/mol. The molecular formula is C29H35N3O5S. The van der Waals surface area contributed by atoms with Crippen molar-refractivity contribution >= 4 is 27.7 Å². The Kier molecular flexibility index (Phi) is 9.30. The smallest absolute Gasteiger partial charge is 0.322 e. The second-order valence-electron chi connectivity index (χ2n) is 9.63. The van der Waals surface area contributed by atoms with Gasteiger partial charge in [-0.05, 0) is 80.5 Å². The lowest BCUT2D eigenvalue weighted by atomic mass is 10.0. The van der Waals surface area contributed by atoms with Crippen LogP contribution in [0, 0.1) is 20.8 Å². The standard InChI is InChI=1S/C29H35N3O5S/c1-6-21(5)30-29(35)31-25-9-7-8-24(17-25)23-12-10-22(11-13-23)16-26(28(33)34)32-38(36,37)27-19(3)14-18(2)15-20(27)4/h7-15,17,21,26,32H,6,16H2,1-5H3,(H,33,34)(H2,30,31,35)/t21-,26+/m0/s1. The van der Waals surface area contributed by atoms with Crippen molar-refractivity contribution in [2.45, 2.75) is 64.4 Å². The Morgan fingerprint density at radius 1 is 0.921 bits per heavy atom. The SMILES string of the molecule is CC[C@H](C)NC(=O)Nc1cccc(-c2ccc(C[C@@H](NS(=O)(=O)c3c(C)cc(C)cc3C)C(=O)O)cc2)c1. The Morgan fingerprint density at radius 2 is 1.55 bits per heavy atom. The van der Waals surface area contributed by atoms with Gasteiger partial charge in [-0.2, -0.15) is 4.72 Å². The lowest BCUT2D eigenvalue weighted by Gasteiger charge is -2.18. The topological polar surface area (TPSA) is 125 Å². The molecule has 9 heteroatoms. The van der Waals surface area contributed by atoms with Crippen molar-refractivity contribution in [3.05, 3.63) is 82.9 Å². The zero-order chi connectivity index (χ0) is 28.0. The van der Waals surface area contributed by atoms with Gasteiger partial charge in [-0.3, -0.25) is 4.79 Å². The molecule has 8 nitrogen and oxygen atoms in total. The van der Waals surface area contributed by atoms with Gasteiger partial charge in [0.2, 0.25) is 10.0 Å². The van der Waals surface area contributed by atoms with Gasteiger partial charge in [0.1, 0.15) is 6.04 Å². The number of carbonyl (C=O) groups excluding carboxylic acids is 1. The summed E-state index contributed by atoms with van der Waals surface area (Å²) in [5.41, 5.74) is 5.13. The van der Waals surface area contributed by atoms with E-state index < -0.39 is 22.0 Å². The third-order valence-corrected chi connectivity index (χ3v) is 8.08. The molecule has 0 aliphatic carbocycles. The molecule has 202 valence electrons. The molecule has 3 rings (SSSR count). The molecule has 3 aromatic rings. The van der Waals surface area contributed by atoms with Crippen molar-refractivity contribution in [1.82, 2.24) is 10.0 Å². The number of carboxylic acids is 1. The van der Waals surface area contributed by atoms with Gasteiger partial charge in [-0.25, -0.2) is 13.2 Å². The van der Waals surface area contributed by atoms with Crippen molar-refractivity contribution in [3.8, 4) is 11.1 Å². The van der Waals surface area contributed by atoms with Crippen LogP contribution in [0.4, 0.5) is 10.5 Å². The first-order valence-electron chi connectivity index (χ1n) is 12.5. The van der Waals surface area contributed by atoms with Crippen molar-refractivity contribution in [2.75, 3.05) is 5.32 Å². The number of amides is 2. The first-order valence-corrected chi connectivity index (χ1v) is 14.0. The Hall–Kier alpha value is -3.69. The van der Waals surface area contributed by atoms with Crippen molar-refractivity contribution in [3.63, 3.8) is 0 Å². The van der Waals surface area contributed by atoms with Gasteiger partial charge < -0.3 is 15.7 Å². The maximum absolute atomic E-state index is 13.1. The Labute approximate surface area is 224 Å². The number of rotatable bonds is 10. The molecule has 0 saturated carbocycles. The predicted molar refractivity (Wildman–Crippen MR) is 150 cm³/mol. The molecule has 0 unspecified atom stereocenters. The van der Waals surface area contributed by atoms with Gasteiger partial charge >= 0.3 is 12.0 Å². The fourth-order valence-electron chi connectivity index (χ4n) is 4.35. The molecule has 2 amide bonds. The van der Waals surface area contributed by atoms with Gasteiger partial charge in [0.15, 0.2) is 0 Å². The van der Waals surface area contributed by atoms with Crippen molar-refractivity contribution in [2.24, 2.45) is 0 Å². The zero-order valence-corrected chi connectivity index (χ0v) is 23.1. The number of hydrogen-bond donors (Lipinski definition) is 4. The molecule has 38 heavy (non-hydrogen) atoms. The lowest BCUT2D eigenvalue weighted by Crippen LogP contribution is -2.42. The number of aryl methyl sites for hydroxylation is 3. The van der Waals surface area contributed by atoms with Gasteiger partial charge in [-0.1, -0.05) is 61.0 Å². The summed E-state index contributed by atoms with van der Waals surface area (Å²) in [6.07, 6.45) is 0.811. The summed E-state index contributed by atoms with van der Waals surface area (Å²) in [5.74, 6) is -1.26. The van der Waals surface area contributed by atoms with Crippen LogP contribution in [0.2, 0.25) is 0 Å². The monoisotopic (exact) mass is 537 g/mol. The van der Waals surface area contributed by atoms with E-state index in [2.05, 4.69) is 15.4 Å². The van der Waals surface area contributed by atoms with E-state index in [-0.39, 0.29) is 23.4 Å². The number of carbonyl (C=O) groups is 2. The van der Waals surface area contributed by atoms with Crippen LogP contribution < -0.4 is 15.4 Å². The molecule has 0 saturated heterocycles. The molecule has 0 aliphatic rings. The van der Waals surface area contributed by atoms with Gasteiger partial charge in [0.25, 0.3) is 0 Å². The fraction of sp³-hybridized carbons (Fsp3) is 0.310. The van der Waals surface area contributed by atoms with E-state index in [0.29, 0.717) is 22.4 Å². The van der Waals surface area contributed by atoms with E-state index in [4.69, 9.17) is 0 Å². The highest BCUT2D eigenvalue weighted by atomic mass is 32.2. The summed E-state index contributed by atoms with van der Waals surface area (Å²) in [4.78, 5) is 24.2.